The van der Waals surface area contributed by atoms with E-state index in [9.17, 15) is 0 Å². The lowest BCUT2D eigenvalue weighted by molar-refractivity contribution is 0.624. The maximum Gasteiger partial charge on any atom is 0.0695 e. The summed E-state index contributed by atoms with van der Waals surface area (Å²) in [5, 5.41) is 0. The van der Waals surface area contributed by atoms with Crippen LogP contribution in [-0.2, 0) is 5.41 Å². The van der Waals surface area contributed by atoms with Crippen LogP contribution >= 0.6 is 0 Å². The van der Waals surface area contributed by atoms with Crippen LogP contribution in [0.3, 0.4) is 0 Å². The van der Waals surface area contributed by atoms with Crippen LogP contribution in [0.1, 0.15) is 37.5 Å². The molecule has 0 fully saturated rings. The fourth-order valence-corrected chi connectivity index (χ4v) is 2.61. The van der Waals surface area contributed by atoms with Crippen LogP contribution in [0.5, 0.6) is 0 Å². The summed E-state index contributed by atoms with van der Waals surface area (Å²) in [7, 11) is 0. The molecule has 0 aliphatic heterocycles. The Hall–Kier alpha value is -2.15. The predicted octanol–water partition coefficient (Wildman–Crippen LogP) is 5.40. The summed E-state index contributed by atoms with van der Waals surface area (Å²) in [6.45, 7) is 12.5. The van der Waals surface area contributed by atoms with Gasteiger partial charge in [-0.2, -0.15) is 0 Å². The van der Waals surface area contributed by atoms with E-state index in [0.29, 0.717) is 0 Å². The molecule has 0 amide bonds. The summed E-state index contributed by atoms with van der Waals surface area (Å²) in [4.78, 5) is 4.34. The van der Waals surface area contributed by atoms with E-state index >= 15 is 0 Å². The minimum Gasteiger partial charge on any atom is -0.264 e. The SMILES string of the molecule is C=N/C(=C(/C)C(C)(C)c1ccccc1)c1ccccc1C. The fraction of sp³-hybridized carbons (Fsp3) is 0.250. The van der Waals surface area contributed by atoms with Crippen molar-refractivity contribution in [3.8, 4) is 0 Å². The van der Waals surface area contributed by atoms with Crippen LogP contribution in [-0.4, -0.2) is 6.72 Å². The van der Waals surface area contributed by atoms with Crippen molar-refractivity contribution >= 4 is 12.4 Å². The second kappa shape index (κ2) is 6.09. The Morgan fingerprint density at radius 1 is 0.952 bits per heavy atom. The monoisotopic (exact) mass is 277 g/mol. The van der Waals surface area contributed by atoms with Crippen molar-refractivity contribution in [2.24, 2.45) is 4.99 Å². The van der Waals surface area contributed by atoms with E-state index in [0.717, 1.165) is 11.3 Å². The summed E-state index contributed by atoms with van der Waals surface area (Å²) in [5.41, 5.74) is 5.81. The number of aliphatic imine (C=N–C) groups is 1. The Morgan fingerprint density at radius 2 is 1.52 bits per heavy atom. The molecule has 2 aromatic rings. The van der Waals surface area contributed by atoms with Gasteiger partial charge < -0.3 is 0 Å². The average molecular weight is 277 g/mol. The van der Waals surface area contributed by atoms with Crippen molar-refractivity contribution in [3.63, 3.8) is 0 Å². The standard InChI is InChI=1S/C20H23N/c1-15-11-9-10-14-18(15)19(21-5)16(2)20(3,4)17-12-7-6-8-13-17/h6-14H,5H2,1-4H3/b19-16-. The van der Waals surface area contributed by atoms with Crippen LogP contribution in [0.4, 0.5) is 0 Å². The lowest BCUT2D eigenvalue weighted by atomic mass is 9.76. The van der Waals surface area contributed by atoms with Gasteiger partial charge in [-0.1, -0.05) is 68.4 Å². The first-order valence-corrected chi connectivity index (χ1v) is 7.28. The molecule has 1 heteroatoms. The van der Waals surface area contributed by atoms with Gasteiger partial charge in [-0.05, 0) is 37.3 Å². The number of nitrogens with zero attached hydrogens (tertiary/aromatic N) is 1. The third-order valence-electron chi connectivity index (χ3n) is 4.35. The van der Waals surface area contributed by atoms with E-state index in [4.69, 9.17) is 0 Å². The lowest BCUT2D eigenvalue weighted by Crippen LogP contribution is -2.20. The molecule has 0 aliphatic carbocycles. The number of aryl methyl sites for hydroxylation is 1. The van der Waals surface area contributed by atoms with Gasteiger partial charge in [-0.3, -0.25) is 4.99 Å². The van der Waals surface area contributed by atoms with Gasteiger partial charge in [0.2, 0.25) is 0 Å². The fourth-order valence-electron chi connectivity index (χ4n) is 2.61. The maximum atomic E-state index is 4.34. The number of hydrogen-bond acceptors (Lipinski definition) is 1. The van der Waals surface area contributed by atoms with E-state index in [1.54, 1.807) is 0 Å². The summed E-state index contributed by atoms with van der Waals surface area (Å²) in [5.74, 6) is 0. The van der Waals surface area contributed by atoms with Gasteiger partial charge in [0.15, 0.2) is 0 Å². The molecule has 0 spiro atoms. The quantitative estimate of drug-likeness (QED) is 0.663. The van der Waals surface area contributed by atoms with Crippen molar-refractivity contribution < 1.29 is 0 Å². The van der Waals surface area contributed by atoms with Crippen molar-refractivity contribution in [2.75, 3.05) is 0 Å². The molecule has 0 bridgehead atoms. The minimum atomic E-state index is -0.0833. The van der Waals surface area contributed by atoms with Crippen LogP contribution in [0.15, 0.2) is 65.2 Å². The molecule has 2 aromatic carbocycles. The first-order chi connectivity index (χ1) is 9.98. The number of rotatable bonds is 4. The first-order valence-electron chi connectivity index (χ1n) is 7.28. The molecule has 1 nitrogen and oxygen atoms in total. The van der Waals surface area contributed by atoms with Gasteiger partial charge in [0.05, 0.1) is 5.70 Å². The molecule has 2 rings (SSSR count). The number of hydrogen-bond donors (Lipinski definition) is 0. The highest BCUT2D eigenvalue weighted by Gasteiger charge is 2.25. The van der Waals surface area contributed by atoms with E-state index < -0.39 is 0 Å². The molecular weight excluding hydrogens is 254 g/mol. The molecule has 0 saturated heterocycles. The molecule has 0 radical (unpaired) electrons. The highest BCUT2D eigenvalue weighted by atomic mass is 14.7. The average Bonchev–Trinajstić information content (AvgIpc) is 2.50. The van der Waals surface area contributed by atoms with Crippen LogP contribution in [0, 0.1) is 6.92 Å². The molecule has 0 aliphatic rings. The van der Waals surface area contributed by atoms with Gasteiger partial charge in [0, 0.05) is 11.0 Å². The van der Waals surface area contributed by atoms with E-state index in [1.165, 1.54) is 16.7 Å². The lowest BCUT2D eigenvalue weighted by Gasteiger charge is -2.28. The Bertz CT molecular complexity index is 663. The molecule has 0 atom stereocenters. The largest absolute Gasteiger partial charge is 0.264 e. The number of allylic oxidation sites excluding steroid dienone is 1. The number of benzene rings is 2. The second-order valence-corrected chi connectivity index (χ2v) is 5.94. The highest BCUT2D eigenvalue weighted by Crippen LogP contribution is 2.37. The summed E-state index contributed by atoms with van der Waals surface area (Å²) in [6.07, 6.45) is 0. The van der Waals surface area contributed by atoms with E-state index in [-0.39, 0.29) is 5.41 Å². The zero-order chi connectivity index (χ0) is 15.5. The smallest absolute Gasteiger partial charge is 0.0695 e. The minimum absolute atomic E-state index is 0.0833. The maximum absolute atomic E-state index is 4.34. The Kier molecular flexibility index (Phi) is 4.42. The van der Waals surface area contributed by atoms with E-state index in [2.05, 4.69) is 87.9 Å². The van der Waals surface area contributed by atoms with Gasteiger partial charge >= 0.3 is 0 Å². The molecule has 0 unspecified atom stereocenters. The zero-order valence-electron chi connectivity index (χ0n) is 13.4. The van der Waals surface area contributed by atoms with Crippen molar-refractivity contribution in [2.45, 2.75) is 33.1 Å². The Labute approximate surface area is 128 Å². The van der Waals surface area contributed by atoms with Crippen molar-refractivity contribution in [3.05, 3.63) is 76.9 Å². The molecule has 0 saturated carbocycles. The Balaban J connectivity index is 2.60. The molecular formula is C20H23N. The zero-order valence-corrected chi connectivity index (χ0v) is 13.4. The highest BCUT2D eigenvalue weighted by molar-refractivity contribution is 5.74. The summed E-state index contributed by atoms with van der Waals surface area (Å²) >= 11 is 0. The predicted molar refractivity (Wildman–Crippen MR) is 92.8 cm³/mol. The van der Waals surface area contributed by atoms with Gasteiger partial charge in [-0.15, -0.1) is 0 Å². The summed E-state index contributed by atoms with van der Waals surface area (Å²) in [6, 6.07) is 18.9. The normalized spacial score (nSPS) is 12.8. The first kappa shape index (κ1) is 15.2. The third-order valence-corrected chi connectivity index (χ3v) is 4.35. The molecule has 108 valence electrons. The van der Waals surface area contributed by atoms with Crippen LogP contribution < -0.4 is 0 Å². The molecule has 0 N–H and O–H groups in total. The Morgan fingerprint density at radius 3 is 2.10 bits per heavy atom. The topological polar surface area (TPSA) is 12.4 Å². The second-order valence-electron chi connectivity index (χ2n) is 5.94. The van der Waals surface area contributed by atoms with Gasteiger partial charge in [-0.25, -0.2) is 0 Å². The van der Waals surface area contributed by atoms with Gasteiger partial charge in [0.1, 0.15) is 0 Å². The molecule has 0 aromatic heterocycles. The third kappa shape index (κ3) is 2.97. The molecule has 21 heavy (non-hydrogen) atoms. The molecule has 0 heterocycles. The van der Waals surface area contributed by atoms with Gasteiger partial charge in [0.25, 0.3) is 0 Å². The van der Waals surface area contributed by atoms with Crippen molar-refractivity contribution in [1.82, 2.24) is 0 Å². The van der Waals surface area contributed by atoms with E-state index in [1.807, 2.05) is 6.07 Å². The summed E-state index contributed by atoms with van der Waals surface area (Å²) < 4.78 is 0. The van der Waals surface area contributed by atoms with Crippen molar-refractivity contribution in [1.29, 1.82) is 0 Å². The van der Waals surface area contributed by atoms with Crippen LogP contribution in [0.2, 0.25) is 0 Å². The van der Waals surface area contributed by atoms with Crippen LogP contribution in [0.25, 0.3) is 5.70 Å².